The standard InChI is InChI=1S/C16H13N5O6/c1-10(22)18-13-5-2-11(3-6-13)16(23)19-17-9-12-4-7-14(20(24)25)8-15(12)21(26)27/h2-9H,1H3,(H,18,22)(H,19,23)/b17-9-. The summed E-state index contributed by atoms with van der Waals surface area (Å²) in [6, 6.07) is 9.05. The zero-order valence-corrected chi connectivity index (χ0v) is 13.9. The summed E-state index contributed by atoms with van der Waals surface area (Å²) in [5.74, 6) is -0.827. The van der Waals surface area contributed by atoms with Crippen LogP contribution >= 0.6 is 0 Å². The van der Waals surface area contributed by atoms with E-state index in [-0.39, 0.29) is 17.0 Å². The van der Waals surface area contributed by atoms with Crippen molar-refractivity contribution in [3.63, 3.8) is 0 Å². The molecule has 0 bridgehead atoms. The van der Waals surface area contributed by atoms with Gasteiger partial charge in [0, 0.05) is 24.2 Å². The molecule has 0 aromatic heterocycles. The molecule has 0 saturated heterocycles. The number of carbonyl (C=O) groups excluding carboxylic acids is 2. The Morgan fingerprint density at radius 3 is 2.26 bits per heavy atom. The van der Waals surface area contributed by atoms with E-state index in [4.69, 9.17) is 0 Å². The van der Waals surface area contributed by atoms with E-state index >= 15 is 0 Å². The fourth-order valence-corrected chi connectivity index (χ4v) is 2.05. The highest BCUT2D eigenvalue weighted by Gasteiger charge is 2.18. The Morgan fingerprint density at radius 2 is 1.70 bits per heavy atom. The Kier molecular flexibility index (Phi) is 5.89. The van der Waals surface area contributed by atoms with Crippen molar-refractivity contribution in [1.82, 2.24) is 5.43 Å². The number of hydrogen-bond donors (Lipinski definition) is 2. The normalized spacial score (nSPS) is 10.4. The second kappa shape index (κ2) is 8.29. The van der Waals surface area contributed by atoms with Gasteiger partial charge in [0.05, 0.1) is 27.7 Å². The van der Waals surface area contributed by atoms with Crippen LogP contribution in [0.25, 0.3) is 0 Å². The lowest BCUT2D eigenvalue weighted by Crippen LogP contribution is -2.17. The van der Waals surface area contributed by atoms with Crippen LogP contribution in [0.3, 0.4) is 0 Å². The molecule has 11 nitrogen and oxygen atoms in total. The maximum atomic E-state index is 12.0. The zero-order valence-electron chi connectivity index (χ0n) is 13.9. The third-order valence-corrected chi connectivity index (χ3v) is 3.26. The number of nitro groups is 2. The molecule has 0 fully saturated rings. The molecule has 2 aromatic carbocycles. The number of nitrogens with zero attached hydrogens (tertiary/aromatic N) is 3. The van der Waals surface area contributed by atoms with Gasteiger partial charge in [-0.25, -0.2) is 5.43 Å². The van der Waals surface area contributed by atoms with Crippen molar-refractivity contribution in [2.45, 2.75) is 6.92 Å². The Balaban J connectivity index is 2.10. The first-order chi connectivity index (χ1) is 12.8. The highest BCUT2D eigenvalue weighted by atomic mass is 16.6. The molecule has 11 heteroatoms. The molecule has 2 rings (SSSR count). The minimum absolute atomic E-state index is 0.00749. The smallest absolute Gasteiger partial charge is 0.285 e. The molecule has 0 spiro atoms. The summed E-state index contributed by atoms with van der Waals surface area (Å²) >= 11 is 0. The van der Waals surface area contributed by atoms with E-state index in [0.717, 1.165) is 24.4 Å². The maximum absolute atomic E-state index is 12.0. The number of hydrazone groups is 1. The van der Waals surface area contributed by atoms with Gasteiger partial charge >= 0.3 is 0 Å². The molecule has 0 heterocycles. The molecule has 2 N–H and O–H groups in total. The first-order valence-corrected chi connectivity index (χ1v) is 7.42. The lowest BCUT2D eigenvalue weighted by molar-refractivity contribution is -0.394. The fourth-order valence-electron chi connectivity index (χ4n) is 2.05. The molecular formula is C16H13N5O6. The predicted molar refractivity (Wildman–Crippen MR) is 95.6 cm³/mol. The zero-order chi connectivity index (χ0) is 20.0. The Labute approximate surface area is 152 Å². The first-order valence-electron chi connectivity index (χ1n) is 7.42. The van der Waals surface area contributed by atoms with Gasteiger partial charge in [0.25, 0.3) is 17.3 Å². The summed E-state index contributed by atoms with van der Waals surface area (Å²) in [5, 5.41) is 27.9. The Bertz CT molecular complexity index is 939. The molecule has 0 atom stereocenters. The van der Waals surface area contributed by atoms with E-state index in [2.05, 4.69) is 15.8 Å². The molecule has 2 amide bonds. The third-order valence-electron chi connectivity index (χ3n) is 3.26. The number of nitrogens with one attached hydrogen (secondary N) is 2. The van der Waals surface area contributed by atoms with Crippen LogP contribution in [0.2, 0.25) is 0 Å². The number of hydrogen-bond acceptors (Lipinski definition) is 7. The quantitative estimate of drug-likeness (QED) is 0.450. The molecule has 0 saturated carbocycles. The average molecular weight is 371 g/mol. The second-order valence-electron chi connectivity index (χ2n) is 5.22. The van der Waals surface area contributed by atoms with Gasteiger partial charge < -0.3 is 5.32 Å². The van der Waals surface area contributed by atoms with Crippen LogP contribution in [0.1, 0.15) is 22.8 Å². The average Bonchev–Trinajstić information content (AvgIpc) is 2.61. The number of non-ortho nitro benzene ring substituents is 1. The summed E-state index contributed by atoms with van der Waals surface area (Å²) in [6.45, 7) is 1.35. The van der Waals surface area contributed by atoms with E-state index in [1.807, 2.05) is 0 Å². The van der Waals surface area contributed by atoms with E-state index in [0.29, 0.717) is 5.69 Å². The van der Waals surface area contributed by atoms with Crippen molar-refractivity contribution in [2.75, 3.05) is 5.32 Å². The molecule has 0 aliphatic rings. The highest BCUT2D eigenvalue weighted by molar-refractivity contribution is 5.96. The number of amides is 2. The van der Waals surface area contributed by atoms with E-state index in [1.54, 1.807) is 0 Å². The van der Waals surface area contributed by atoms with Crippen LogP contribution in [-0.2, 0) is 4.79 Å². The number of rotatable bonds is 6. The van der Waals surface area contributed by atoms with Gasteiger partial charge in [-0.1, -0.05) is 0 Å². The molecule has 2 aromatic rings. The summed E-state index contributed by atoms with van der Waals surface area (Å²) in [4.78, 5) is 43.1. The molecule has 0 radical (unpaired) electrons. The SMILES string of the molecule is CC(=O)Nc1ccc(C(=O)N/N=C\c2ccc([N+](=O)[O-])cc2[N+](=O)[O-])cc1. The third kappa shape index (κ3) is 5.16. The van der Waals surface area contributed by atoms with Gasteiger partial charge in [-0.05, 0) is 30.3 Å². The number of anilines is 1. The first kappa shape index (κ1) is 19.2. The van der Waals surface area contributed by atoms with E-state index in [1.165, 1.54) is 31.2 Å². The van der Waals surface area contributed by atoms with Gasteiger partial charge in [0.15, 0.2) is 0 Å². The Hall–Kier alpha value is -4.15. The lowest BCUT2D eigenvalue weighted by atomic mass is 10.2. The van der Waals surface area contributed by atoms with Gasteiger partial charge in [-0.3, -0.25) is 29.8 Å². The fraction of sp³-hybridized carbons (Fsp3) is 0.0625. The van der Waals surface area contributed by atoms with Crippen molar-refractivity contribution in [3.05, 3.63) is 73.8 Å². The van der Waals surface area contributed by atoms with Crippen LogP contribution in [0.15, 0.2) is 47.6 Å². The summed E-state index contributed by atoms with van der Waals surface area (Å²) < 4.78 is 0. The van der Waals surface area contributed by atoms with Gasteiger partial charge in [-0.2, -0.15) is 5.10 Å². The van der Waals surface area contributed by atoms with Gasteiger partial charge in [0.1, 0.15) is 0 Å². The molecular weight excluding hydrogens is 358 g/mol. The van der Waals surface area contributed by atoms with Crippen molar-refractivity contribution < 1.29 is 19.4 Å². The van der Waals surface area contributed by atoms with Crippen molar-refractivity contribution in [1.29, 1.82) is 0 Å². The van der Waals surface area contributed by atoms with Gasteiger partial charge in [0.2, 0.25) is 5.91 Å². The second-order valence-corrected chi connectivity index (χ2v) is 5.22. The Morgan fingerprint density at radius 1 is 1.04 bits per heavy atom. The van der Waals surface area contributed by atoms with Crippen LogP contribution in [-0.4, -0.2) is 27.9 Å². The summed E-state index contributed by atoms with van der Waals surface area (Å²) in [5.41, 5.74) is 2.02. The monoisotopic (exact) mass is 371 g/mol. The summed E-state index contributed by atoms with van der Waals surface area (Å²) in [7, 11) is 0. The predicted octanol–water partition coefficient (Wildman–Crippen LogP) is 2.23. The molecule has 0 aliphatic heterocycles. The number of nitro benzene ring substituents is 2. The molecule has 27 heavy (non-hydrogen) atoms. The van der Waals surface area contributed by atoms with Crippen LogP contribution < -0.4 is 10.7 Å². The van der Waals surface area contributed by atoms with Crippen LogP contribution in [0.5, 0.6) is 0 Å². The number of carbonyl (C=O) groups is 2. The minimum atomic E-state index is -0.781. The largest absolute Gasteiger partial charge is 0.326 e. The van der Waals surface area contributed by atoms with E-state index < -0.39 is 27.1 Å². The lowest BCUT2D eigenvalue weighted by Gasteiger charge is -2.03. The van der Waals surface area contributed by atoms with Crippen molar-refractivity contribution in [2.24, 2.45) is 5.10 Å². The minimum Gasteiger partial charge on any atom is -0.326 e. The van der Waals surface area contributed by atoms with Crippen LogP contribution in [0.4, 0.5) is 17.1 Å². The molecule has 138 valence electrons. The maximum Gasteiger partial charge on any atom is 0.285 e. The van der Waals surface area contributed by atoms with Crippen molar-refractivity contribution >= 4 is 35.1 Å². The van der Waals surface area contributed by atoms with Crippen LogP contribution in [0, 0.1) is 20.2 Å². The topological polar surface area (TPSA) is 157 Å². The number of benzene rings is 2. The molecule has 0 unspecified atom stereocenters. The summed E-state index contributed by atoms with van der Waals surface area (Å²) in [6.07, 6.45) is 1.02. The van der Waals surface area contributed by atoms with E-state index in [9.17, 15) is 29.8 Å². The van der Waals surface area contributed by atoms with Crippen molar-refractivity contribution in [3.8, 4) is 0 Å². The molecule has 0 aliphatic carbocycles. The van der Waals surface area contributed by atoms with Gasteiger partial charge in [-0.15, -0.1) is 0 Å². The highest BCUT2D eigenvalue weighted by Crippen LogP contribution is 2.23.